The number of hydrogen-bond donors (Lipinski definition) is 2. The molecule has 0 radical (unpaired) electrons. The molecule has 2 aromatic carbocycles. The van der Waals surface area contributed by atoms with E-state index < -0.39 is 18.3 Å². The lowest BCUT2D eigenvalue weighted by Gasteiger charge is -2.22. The number of aliphatic imine (C=N–C) groups is 1. The average Bonchev–Trinajstić information content (AvgIpc) is 3.74. The maximum absolute atomic E-state index is 14.2. The molecule has 7 nitrogen and oxygen atoms in total. The molecular weight excluding hydrogens is 592 g/mol. The number of methoxy groups -OCH3 is 1. The Bertz CT molecular complexity index is 1550. The van der Waals surface area contributed by atoms with Crippen molar-refractivity contribution in [2.24, 2.45) is 10.9 Å². The largest absolute Gasteiger partial charge is 0.495 e. The summed E-state index contributed by atoms with van der Waals surface area (Å²) in [6.07, 6.45) is 2.85. The molecule has 0 bridgehead atoms. The van der Waals surface area contributed by atoms with E-state index in [9.17, 15) is 18.0 Å². The highest BCUT2D eigenvalue weighted by Crippen LogP contribution is 2.48. The summed E-state index contributed by atoms with van der Waals surface area (Å²) in [5.74, 6) is -0.250. The van der Waals surface area contributed by atoms with Gasteiger partial charge >= 0.3 is 6.55 Å². The minimum Gasteiger partial charge on any atom is -0.495 e. The van der Waals surface area contributed by atoms with E-state index in [1.807, 2.05) is 6.07 Å². The van der Waals surface area contributed by atoms with Crippen molar-refractivity contribution in [2.75, 3.05) is 26.0 Å². The molecule has 3 N–H and O–H groups in total. The molecule has 1 aliphatic heterocycles. The van der Waals surface area contributed by atoms with Crippen molar-refractivity contribution in [3.8, 4) is 22.8 Å². The minimum absolute atomic E-state index is 0.0926. The highest BCUT2D eigenvalue weighted by atomic mass is 35.5. The van der Waals surface area contributed by atoms with Crippen LogP contribution in [0.5, 0.6) is 11.5 Å². The quantitative estimate of drug-likeness (QED) is 0.116. The van der Waals surface area contributed by atoms with E-state index in [0.29, 0.717) is 23.6 Å². The topological polar surface area (TPSA) is 98.8 Å². The van der Waals surface area contributed by atoms with Crippen molar-refractivity contribution in [3.05, 3.63) is 68.6 Å². The Labute approximate surface area is 251 Å². The molecule has 1 amide bonds. The van der Waals surface area contributed by atoms with Crippen LogP contribution in [0.3, 0.4) is 0 Å². The zero-order chi connectivity index (χ0) is 30.3. The predicted molar refractivity (Wildman–Crippen MR) is 157 cm³/mol. The number of benzene rings is 2. The van der Waals surface area contributed by atoms with E-state index in [4.69, 9.17) is 43.4 Å². The Hall–Kier alpha value is -3.50. The molecule has 1 fully saturated rings. The predicted octanol–water partition coefficient (Wildman–Crippen LogP) is 7.02. The van der Waals surface area contributed by atoms with Crippen LogP contribution in [0.4, 0.5) is 18.9 Å². The highest BCUT2D eigenvalue weighted by molar-refractivity contribution is 6.35. The number of anilines is 1. The number of nitrogens with one attached hydrogen (secondary N) is 1. The van der Waals surface area contributed by atoms with Crippen LogP contribution in [0, 0.1) is 11.7 Å². The third kappa shape index (κ3) is 6.01. The number of ether oxygens (including phenoxy) is 2. The molecule has 1 aliphatic carbocycles. The summed E-state index contributed by atoms with van der Waals surface area (Å²) >= 11 is 12.2. The third-order valence-electron chi connectivity index (χ3n) is 7.59. The number of amides is 1. The molecule has 1 unspecified atom stereocenters. The monoisotopic (exact) mass is 620 g/mol. The van der Waals surface area contributed by atoms with Gasteiger partial charge in [-0.05, 0) is 49.1 Å². The second-order valence-electron chi connectivity index (χ2n) is 11.1. The Kier molecular flexibility index (Phi) is 8.31. The van der Waals surface area contributed by atoms with Crippen LogP contribution in [0.15, 0.2) is 35.3 Å². The van der Waals surface area contributed by atoms with Gasteiger partial charge in [-0.1, -0.05) is 37.0 Å². The number of nitrogens with two attached hydrogens (primary N) is 1. The fourth-order valence-corrected chi connectivity index (χ4v) is 5.60. The molecule has 222 valence electrons. The second-order valence-corrected chi connectivity index (χ2v) is 11.9. The van der Waals surface area contributed by atoms with Crippen LogP contribution in [0.25, 0.3) is 11.3 Å². The van der Waals surface area contributed by atoms with Gasteiger partial charge in [0.15, 0.2) is 5.82 Å². The van der Waals surface area contributed by atoms with Gasteiger partial charge in [-0.3, -0.25) is 4.79 Å². The molecule has 1 atom stereocenters. The summed E-state index contributed by atoms with van der Waals surface area (Å²) in [4.78, 5) is 21.3. The number of aromatic nitrogens is 1. The van der Waals surface area contributed by atoms with Crippen LogP contribution < -0.4 is 20.5 Å². The van der Waals surface area contributed by atoms with Crippen molar-refractivity contribution in [2.45, 2.75) is 44.6 Å². The minimum atomic E-state index is -2.92. The van der Waals surface area contributed by atoms with Crippen molar-refractivity contribution >= 4 is 41.0 Å². The number of rotatable bonds is 9. The van der Waals surface area contributed by atoms with Crippen molar-refractivity contribution in [1.82, 2.24) is 10.3 Å². The second kappa shape index (κ2) is 11.6. The van der Waals surface area contributed by atoms with E-state index in [2.05, 4.69) is 24.2 Å². The first kappa shape index (κ1) is 30.0. The Balaban J connectivity index is 1.48. The van der Waals surface area contributed by atoms with Gasteiger partial charge in [-0.2, -0.15) is 8.78 Å². The maximum atomic E-state index is 14.2. The van der Waals surface area contributed by atoms with Gasteiger partial charge in [0.1, 0.15) is 17.2 Å². The van der Waals surface area contributed by atoms with E-state index in [-0.39, 0.29) is 56.4 Å². The lowest BCUT2D eigenvalue weighted by atomic mass is 9.84. The molecule has 1 aromatic heterocycles. The zero-order valence-electron chi connectivity index (χ0n) is 23.1. The number of alkyl halides is 2. The van der Waals surface area contributed by atoms with Crippen LogP contribution >= 0.6 is 23.2 Å². The summed E-state index contributed by atoms with van der Waals surface area (Å²) in [7, 11) is 1.37. The normalized spacial score (nSPS) is 16.4. The summed E-state index contributed by atoms with van der Waals surface area (Å²) < 4.78 is 50.9. The lowest BCUT2D eigenvalue weighted by molar-refractivity contribution is 0.0949. The molecule has 2 aliphatic rings. The fourth-order valence-electron chi connectivity index (χ4n) is 5.12. The number of pyridine rings is 1. The molecule has 2 heterocycles. The fraction of sp³-hybridized carbons (Fsp3) is 0.367. The van der Waals surface area contributed by atoms with Crippen molar-refractivity contribution in [1.29, 1.82) is 0 Å². The number of halogens is 5. The maximum Gasteiger partial charge on any atom is 0.331 e. The van der Waals surface area contributed by atoms with E-state index in [1.165, 1.54) is 31.4 Å². The molecule has 42 heavy (non-hydrogen) atoms. The van der Waals surface area contributed by atoms with Gasteiger partial charge in [0, 0.05) is 52.0 Å². The van der Waals surface area contributed by atoms with E-state index in [1.54, 1.807) is 0 Å². The molecule has 0 spiro atoms. The van der Waals surface area contributed by atoms with Crippen LogP contribution in [0.2, 0.25) is 10.0 Å². The molecule has 3 aromatic rings. The van der Waals surface area contributed by atoms with Gasteiger partial charge in [0.05, 0.1) is 29.4 Å². The smallest absolute Gasteiger partial charge is 0.331 e. The van der Waals surface area contributed by atoms with Crippen LogP contribution in [-0.4, -0.2) is 43.9 Å². The Morgan fingerprint density at radius 2 is 1.93 bits per heavy atom. The van der Waals surface area contributed by atoms with Gasteiger partial charge in [0.25, 0.3) is 5.91 Å². The van der Waals surface area contributed by atoms with Gasteiger partial charge < -0.3 is 20.5 Å². The molecule has 5 rings (SSSR count). The van der Waals surface area contributed by atoms with E-state index >= 15 is 0 Å². The first-order valence-electron chi connectivity index (χ1n) is 13.3. The first-order valence-corrected chi connectivity index (χ1v) is 14.1. The van der Waals surface area contributed by atoms with Gasteiger partial charge in [-0.15, -0.1) is 0 Å². The highest BCUT2D eigenvalue weighted by Gasteiger charge is 2.39. The number of nitrogens with zero attached hydrogens (tertiary/aromatic N) is 2. The van der Waals surface area contributed by atoms with Crippen LogP contribution in [-0.2, 0) is 5.41 Å². The summed E-state index contributed by atoms with van der Waals surface area (Å²) in [5, 5.41) is 2.71. The Morgan fingerprint density at radius 1 is 1.24 bits per heavy atom. The van der Waals surface area contributed by atoms with Gasteiger partial charge in [-0.25, -0.2) is 14.4 Å². The number of hydrogen-bond acceptors (Lipinski definition) is 6. The number of nitrogen functional groups attached to an aromatic ring is 1. The molecule has 1 saturated carbocycles. The number of carbonyl (C=O) groups excluding carboxylic acids is 1. The molecule has 12 heteroatoms. The van der Waals surface area contributed by atoms with Crippen molar-refractivity contribution < 1.29 is 27.4 Å². The summed E-state index contributed by atoms with van der Waals surface area (Å²) in [5.41, 5.74) is 8.82. The first-order chi connectivity index (χ1) is 19.9. The lowest BCUT2D eigenvalue weighted by Crippen LogP contribution is -2.30. The van der Waals surface area contributed by atoms with Gasteiger partial charge in [0.2, 0.25) is 0 Å². The zero-order valence-corrected chi connectivity index (χ0v) is 24.6. The molecular formula is C30H29Cl2F3N4O3. The average molecular weight is 621 g/mol. The van der Waals surface area contributed by atoms with Crippen LogP contribution in [0.1, 0.15) is 59.8 Å². The number of fused-ring (bicyclic) bond motifs is 1. The summed E-state index contributed by atoms with van der Waals surface area (Å²) in [6, 6.07) is 7.80. The molecule has 0 saturated heterocycles. The van der Waals surface area contributed by atoms with E-state index in [0.717, 1.165) is 30.3 Å². The Morgan fingerprint density at radius 3 is 2.55 bits per heavy atom. The van der Waals surface area contributed by atoms with Crippen molar-refractivity contribution in [3.63, 3.8) is 0 Å². The summed E-state index contributed by atoms with van der Waals surface area (Å²) in [6.45, 7) is 1.90. The SMILES string of the molecule is COc1cc(C(=O)NCC(c2cc3c(c(-c4cc(Cl)c(F)c(Cl)c4)n2)OCC3(C)C)C2CC2)cc(/C=N/C(F)F)c1N. The third-order valence-corrected chi connectivity index (χ3v) is 8.14. The standard InChI is InChI=1S/C30H29Cl2F3N4O3/c1-30(2)13-42-27-19(30)10-22(39-26(27)15-7-20(31)24(33)21(32)8-15)18(14-4-5-14)12-37-28(40)16-6-17(11-38-29(34)35)25(36)23(9-16)41-3/h6-11,14,18,29H,4-5,12-13,36H2,1-3H3,(H,37,40)/b38-11+. The number of carbonyl (C=O) groups is 1.